The van der Waals surface area contributed by atoms with Crippen LogP contribution in [-0.4, -0.2) is 44.9 Å². The maximum Gasteiger partial charge on any atom is 0.264 e. The zero-order chi connectivity index (χ0) is 21.3. The number of anilines is 1. The molecule has 7 heteroatoms. The highest BCUT2D eigenvalue weighted by molar-refractivity contribution is 7.89. The second-order valence-electron chi connectivity index (χ2n) is 8.09. The zero-order valence-electron chi connectivity index (χ0n) is 17.6. The summed E-state index contributed by atoms with van der Waals surface area (Å²) in [7, 11) is -3.47. The van der Waals surface area contributed by atoms with Crippen LogP contribution >= 0.6 is 0 Å². The number of hydrogen-bond acceptors (Lipinski definition) is 4. The lowest BCUT2D eigenvalue weighted by molar-refractivity contribution is -0.120. The molecule has 2 aromatic carbocycles. The van der Waals surface area contributed by atoms with Gasteiger partial charge in [0.15, 0.2) is 6.61 Å². The van der Waals surface area contributed by atoms with E-state index in [9.17, 15) is 13.2 Å². The van der Waals surface area contributed by atoms with Crippen molar-refractivity contribution in [3.63, 3.8) is 0 Å². The van der Waals surface area contributed by atoms with Gasteiger partial charge in [-0.3, -0.25) is 4.79 Å². The lowest BCUT2D eigenvalue weighted by Gasteiger charge is -2.26. The Morgan fingerprint density at radius 1 is 0.967 bits per heavy atom. The van der Waals surface area contributed by atoms with Crippen LogP contribution in [-0.2, 0) is 21.2 Å². The molecule has 0 bridgehead atoms. The van der Waals surface area contributed by atoms with Gasteiger partial charge < -0.3 is 9.64 Å². The van der Waals surface area contributed by atoms with Crippen LogP contribution in [0.25, 0.3) is 0 Å². The number of sulfonamides is 1. The molecule has 0 radical (unpaired) electrons. The summed E-state index contributed by atoms with van der Waals surface area (Å²) < 4.78 is 33.1. The molecule has 0 unspecified atom stereocenters. The van der Waals surface area contributed by atoms with E-state index in [1.165, 1.54) is 5.56 Å². The number of nitrogens with zero attached hydrogens (tertiary/aromatic N) is 2. The zero-order valence-corrected chi connectivity index (χ0v) is 18.4. The minimum absolute atomic E-state index is 0.0459. The molecule has 0 aromatic heterocycles. The van der Waals surface area contributed by atoms with Gasteiger partial charge in [0.1, 0.15) is 5.75 Å². The Hall–Kier alpha value is -2.38. The van der Waals surface area contributed by atoms with Gasteiger partial charge in [0.2, 0.25) is 10.0 Å². The topological polar surface area (TPSA) is 66.9 Å². The van der Waals surface area contributed by atoms with Gasteiger partial charge in [-0.25, -0.2) is 8.42 Å². The van der Waals surface area contributed by atoms with Crippen molar-refractivity contribution in [2.75, 3.05) is 31.1 Å². The molecule has 0 aliphatic carbocycles. The predicted molar refractivity (Wildman–Crippen MR) is 117 cm³/mol. The van der Waals surface area contributed by atoms with Crippen LogP contribution < -0.4 is 9.64 Å². The Morgan fingerprint density at radius 2 is 1.73 bits per heavy atom. The number of rotatable bonds is 5. The predicted octanol–water partition coefficient (Wildman–Crippen LogP) is 3.45. The SMILES string of the molecule is Cc1ccc(OCC(=O)N2CCc3cc(S(=O)(=O)N4CCCCC4)ccc32)cc1C. The summed E-state index contributed by atoms with van der Waals surface area (Å²) in [5.41, 5.74) is 3.97. The summed E-state index contributed by atoms with van der Waals surface area (Å²) >= 11 is 0. The number of carbonyl (C=O) groups is 1. The maximum atomic E-state index is 12.9. The molecule has 2 aromatic rings. The van der Waals surface area contributed by atoms with Crippen LogP contribution in [0.2, 0.25) is 0 Å². The fourth-order valence-electron chi connectivity index (χ4n) is 4.08. The van der Waals surface area contributed by atoms with Gasteiger partial charge in [-0.2, -0.15) is 4.31 Å². The number of aryl methyl sites for hydroxylation is 2. The molecule has 6 nitrogen and oxygen atoms in total. The normalized spacial score (nSPS) is 17.1. The van der Waals surface area contributed by atoms with E-state index in [4.69, 9.17) is 4.74 Å². The Kier molecular flexibility index (Phi) is 5.84. The van der Waals surface area contributed by atoms with E-state index in [1.807, 2.05) is 32.0 Å². The van der Waals surface area contributed by atoms with E-state index in [0.29, 0.717) is 36.7 Å². The summed E-state index contributed by atoms with van der Waals surface area (Å²) in [6, 6.07) is 10.9. The molecule has 4 rings (SSSR count). The third kappa shape index (κ3) is 4.09. The number of benzene rings is 2. The molecule has 0 N–H and O–H groups in total. The van der Waals surface area contributed by atoms with Gasteiger partial charge in [-0.1, -0.05) is 12.5 Å². The van der Waals surface area contributed by atoms with Crippen LogP contribution in [0.1, 0.15) is 36.0 Å². The molecule has 2 aliphatic heterocycles. The molecule has 160 valence electrons. The smallest absolute Gasteiger partial charge is 0.264 e. The number of carbonyl (C=O) groups excluding carboxylic acids is 1. The number of amides is 1. The van der Waals surface area contributed by atoms with Crippen LogP contribution in [0.15, 0.2) is 41.3 Å². The molecule has 2 heterocycles. The van der Waals surface area contributed by atoms with Crippen LogP contribution in [0.3, 0.4) is 0 Å². The second kappa shape index (κ2) is 8.40. The summed E-state index contributed by atoms with van der Waals surface area (Å²) in [6.45, 7) is 5.70. The molecule has 0 saturated carbocycles. The highest BCUT2D eigenvalue weighted by Gasteiger charge is 2.30. The van der Waals surface area contributed by atoms with Crippen molar-refractivity contribution >= 4 is 21.6 Å². The van der Waals surface area contributed by atoms with Gasteiger partial charge >= 0.3 is 0 Å². The van der Waals surface area contributed by atoms with Crippen molar-refractivity contribution < 1.29 is 17.9 Å². The third-order valence-electron chi connectivity index (χ3n) is 6.04. The van der Waals surface area contributed by atoms with E-state index in [0.717, 1.165) is 36.1 Å². The standard InChI is InChI=1S/C23H28N2O4S/c1-17-6-7-20(14-18(17)2)29-16-23(26)25-13-10-19-15-21(8-9-22(19)25)30(27,28)24-11-4-3-5-12-24/h6-9,14-15H,3-5,10-13,16H2,1-2H3. The average Bonchev–Trinajstić information content (AvgIpc) is 3.18. The van der Waals surface area contributed by atoms with Crippen LogP contribution in [0.4, 0.5) is 5.69 Å². The van der Waals surface area contributed by atoms with Crippen molar-refractivity contribution in [2.45, 2.75) is 44.4 Å². The minimum Gasteiger partial charge on any atom is -0.484 e. The van der Waals surface area contributed by atoms with Gasteiger partial charge in [-0.15, -0.1) is 0 Å². The molecular formula is C23H28N2O4S. The lowest BCUT2D eigenvalue weighted by Crippen LogP contribution is -2.35. The molecule has 1 saturated heterocycles. The lowest BCUT2D eigenvalue weighted by atomic mass is 10.1. The monoisotopic (exact) mass is 428 g/mol. The highest BCUT2D eigenvalue weighted by atomic mass is 32.2. The molecule has 0 atom stereocenters. The number of hydrogen-bond donors (Lipinski definition) is 0. The van der Waals surface area contributed by atoms with Crippen LogP contribution in [0.5, 0.6) is 5.75 Å². The van der Waals surface area contributed by atoms with Crippen molar-refractivity contribution in [2.24, 2.45) is 0 Å². The van der Waals surface area contributed by atoms with Crippen molar-refractivity contribution in [1.29, 1.82) is 0 Å². The van der Waals surface area contributed by atoms with E-state index >= 15 is 0 Å². The van der Waals surface area contributed by atoms with Gasteiger partial charge in [0, 0.05) is 25.3 Å². The first-order valence-electron chi connectivity index (χ1n) is 10.5. The number of fused-ring (bicyclic) bond motifs is 1. The van der Waals surface area contributed by atoms with Crippen molar-refractivity contribution in [3.05, 3.63) is 53.1 Å². The maximum absolute atomic E-state index is 12.9. The van der Waals surface area contributed by atoms with Gasteiger partial charge in [-0.05, 0) is 80.1 Å². The van der Waals surface area contributed by atoms with E-state index in [2.05, 4.69) is 0 Å². The minimum atomic E-state index is -3.47. The largest absolute Gasteiger partial charge is 0.484 e. The Balaban J connectivity index is 1.46. The quantitative estimate of drug-likeness (QED) is 0.732. The van der Waals surface area contributed by atoms with Crippen molar-refractivity contribution in [3.8, 4) is 5.75 Å². The number of piperidine rings is 1. The Labute approximate surface area is 178 Å². The van der Waals surface area contributed by atoms with E-state index in [1.54, 1.807) is 27.4 Å². The molecular weight excluding hydrogens is 400 g/mol. The van der Waals surface area contributed by atoms with E-state index in [-0.39, 0.29) is 12.5 Å². The summed E-state index contributed by atoms with van der Waals surface area (Å²) in [5.74, 6) is 0.549. The van der Waals surface area contributed by atoms with Gasteiger partial charge in [0.25, 0.3) is 5.91 Å². The molecule has 2 aliphatic rings. The first-order valence-corrected chi connectivity index (χ1v) is 11.9. The first-order chi connectivity index (χ1) is 14.4. The summed E-state index contributed by atoms with van der Waals surface area (Å²) in [6.07, 6.45) is 3.55. The molecule has 30 heavy (non-hydrogen) atoms. The van der Waals surface area contributed by atoms with E-state index < -0.39 is 10.0 Å². The molecule has 1 amide bonds. The van der Waals surface area contributed by atoms with Crippen molar-refractivity contribution in [1.82, 2.24) is 4.31 Å². The van der Waals surface area contributed by atoms with Crippen LogP contribution in [0, 0.1) is 13.8 Å². The fraction of sp³-hybridized carbons (Fsp3) is 0.435. The molecule has 0 spiro atoms. The molecule has 1 fully saturated rings. The highest BCUT2D eigenvalue weighted by Crippen LogP contribution is 2.32. The fourth-order valence-corrected chi connectivity index (χ4v) is 5.65. The summed E-state index contributed by atoms with van der Waals surface area (Å²) in [5, 5.41) is 0. The average molecular weight is 429 g/mol. The third-order valence-corrected chi connectivity index (χ3v) is 7.94. The summed E-state index contributed by atoms with van der Waals surface area (Å²) in [4.78, 5) is 14.7. The number of ether oxygens (including phenoxy) is 1. The van der Waals surface area contributed by atoms with Gasteiger partial charge in [0.05, 0.1) is 4.90 Å². The second-order valence-corrected chi connectivity index (χ2v) is 10.0. The Morgan fingerprint density at radius 3 is 2.47 bits per heavy atom. The Bertz CT molecular complexity index is 1060. The first kappa shape index (κ1) is 20.9.